The van der Waals surface area contributed by atoms with E-state index in [4.69, 9.17) is 11.6 Å². The van der Waals surface area contributed by atoms with Crippen molar-refractivity contribution < 1.29 is 4.79 Å². The summed E-state index contributed by atoms with van der Waals surface area (Å²) in [7, 11) is 0. The number of halogens is 1. The fourth-order valence-corrected chi connectivity index (χ4v) is 5.33. The molecule has 1 atom stereocenters. The monoisotopic (exact) mass is 428 g/mol. The van der Waals surface area contributed by atoms with Gasteiger partial charge in [0, 0.05) is 22.7 Å². The Hall–Kier alpha value is -3.04. The van der Waals surface area contributed by atoms with E-state index >= 15 is 0 Å². The lowest BCUT2D eigenvalue weighted by Gasteiger charge is -2.46. The molecule has 5 rings (SSSR count). The topological polar surface area (TPSA) is 23.6 Å². The van der Waals surface area contributed by atoms with Gasteiger partial charge in [-0.2, -0.15) is 0 Å². The van der Waals surface area contributed by atoms with Crippen molar-refractivity contribution in [3.63, 3.8) is 0 Å². The smallest absolute Gasteiger partial charge is 0.244 e. The molecule has 0 spiro atoms. The zero-order chi connectivity index (χ0) is 21.6. The number of carbonyl (C=O) groups excluding carboxylic acids is 1. The number of para-hydroxylation sites is 1. The van der Waals surface area contributed by atoms with Crippen LogP contribution in [0.5, 0.6) is 0 Å². The first-order valence-corrected chi connectivity index (χ1v) is 11.0. The lowest BCUT2D eigenvalue weighted by atomic mass is 9.74. The Balaban J connectivity index is 1.66. The molecule has 0 radical (unpaired) electrons. The molecular formula is C27H25ClN2O. The fourth-order valence-electron chi connectivity index (χ4n) is 5.21. The summed E-state index contributed by atoms with van der Waals surface area (Å²) in [5, 5.41) is 0.715. The van der Waals surface area contributed by atoms with Gasteiger partial charge < -0.3 is 9.80 Å². The summed E-state index contributed by atoms with van der Waals surface area (Å²) >= 11 is 6.08. The molecule has 0 bridgehead atoms. The first kappa shape index (κ1) is 19.9. The molecule has 1 saturated heterocycles. The second-order valence-corrected chi connectivity index (χ2v) is 9.24. The molecule has 3 nitrogen and oxygen atoms in total. The van der Waals surface area contributed by atoms with Crippen molar-refractivity contribution in [3.05, 3.63) is 107 Å². The number of nitrogens with zero attached hydrogens (tertiary/aromatic N) is 2. The van der Waals surface area contributed by atoms with Gasteiger partial charge in [0.05, 0.1) is 6.54 Å². The number of carbonyl (C=O) groups is 1. The Morgan fingerprint density at radius 2 is 1.61 bits per heavy atom. The maximum atomic E-state index is 13.4. The van der Waals surface area contributed by atoms with Crippen molar-refractivity contribution >= 4 is 29.3 Å². The normalized spacial score (nSPS) is 21.6. The Bertz CT molecular complexity index is 1150. The van der Waals surface area contributed by atoms with Crippen LogP contribution < -0.4 is 4.90 Å². The number of anilines is 1. The maximum Gasteiger partial charge on any atom is 0.244 e. The molecule has 2 aliphatic heterocycles. The highest BCUT2D eigenvalue weighted by atomic mass is 35.5. The summed E-state index contributed by atoms with van der Waals surface area (Å²) < 4.78 is 0. The van der Waals surface area contributed by atoms with Crippen molar-refractivity contribution in [2.75, 3.05) is 11.4 Å². The van der Waals surface area contributed by atoms with Crippen molar-refractivity contribution in [1.82, 2.24) is 4.90 Å². The van der Waals surface area contributed by atoms with Gasteiger partial charge in [-0.25, -0.2) is 0 Å². The van der Waals surface area contributed by atoms with Gasteiger partial charge in [0.2, 0.25) is 5.91 Å². The van der Waals surface area contributed by atoms with Gasteiger partial charge in [-0.05, 0) is 41.0 Å². The zero-order valence-corrected chi connectivity index (χ0v) is 18.5. The van der Waals surface area contributed by atoms with E-state index in [0.717, 1.165) is 16.8 Å². The quantitative estimate of drug-likeness (QED) is 0.517. The number of fused-ring (bicyclic) bond motifs is 3. The second kappa shape index (κ2) is 7.28. The maximum absolute atomic E-state index is 13.4. The van der Waals surface area contributed by atoms with Gasteiger partial charge in [0.25, 0.3) is 0 Å². The Labute approximate surface area is 188 Å². The largest absolute Gasteiger partial charge is 0.335 e. The Morgan fingerprint density at radius 1 is 0.935 bits per heavy atom. The van der Waals surface area contributed by atoms with E-state index in [0.29, 0.717) is 18.1 Å². The lowest BCUT2D eigenvalue weighted by Crippen LogP contribution is -2.60. The Kier molecular flexibility index (Phi) is 4.67. The molecule has 4 heteroatoms. The molecule has 3 aromatic carbocycles. The van der Waals surface area contributed by atoms with E-state index in [1.165, 1.54) is 5.56 Å². The molecular weight excluding hydrogens is 404 g/mol. The van der Waals surface area contributed by atoms with Crippen LogP contribution in [0.25, 0.3) is 6.08 Å². The number of amides is 1. The summed E-state index contributed by atoms with van der Waals surface area (Å²) in [6.07, 6.45) is 4.33. The van der Waals surface area contributed by atoms with Gasteiger partial charge in [0.1, 0.15) is 5.66 Å². The number of rotatable bonds is 4. The van der Waals surface area contributed by atoms with Crippen LogP contribution in [0.2, 0.25) is 5.02 Å². The van der Waals surface area contributed by atoms with E-state index in [-0.39, 0.29) is 11.3 Å². The van der Waals surface area contributed by atoms with Crippen LogP contribution in [0.1, 0.15) is 30.5 Å². The molecule has 0 saturated carbocycles. The van der Waals surface area contributed by atoms with Gasteiger partial charge in [-0.15, -0.1) is 0 Å². The van der Waals surface area contributed by atoms with Crippen LogP contribution in [0.4, 0.5) is 5.69 Å². The highest BCUT2D eigenvalue weighted by Crippen LogP contribution is 2.56. The molecule has 156 valence electrons. The molecule has 31 heavy (non-hydrogen) atoms. The zero-order valence-electron chi connectivity index (χ0n) is 17.8. The molecule has 1 unspecified atom stereocenters. The molecule has 2 aliphatic rings. The minimum absolute atomic E-state index is 0.146. The predicted octanol–water partition coefficient (Wildman–Crippen LogP) is 5.89. The van der Waals surface area contributed by atoms with Gasteiger partial charge in [0.15, 0.2) is 0 Å². The summed E-state index contributed by atoms with van der Waals surface area (Å²) in [6.45, 7) is 5.43. The highest BCUT2D eigenvalue weighted by Gasteiger charge is 2.63. The Morgan fingerprint density at radius 3 is 2.35 bits per heavy atom. The highest BCUT2D eigenvalue weighted by molar-refractivity contribution is 6.30. The summed E-state index contributed by atoms with van der Waals surface area (Å²) in [6, 6.07) is 26.5. The van der Waals surface area contributed by atoms with Crippen molar-refractivity contribution in [2.45, 2.75) is 31.5 Å². The number of hydrogen-bond donors (Lipinski definition) is 0. The van der Waals surface area contributed by atoms with E-state index in [9.17, 15) is 4.79 Å². The van der Waals surface area contributed by atoms with Crippen molar-refractivity contribution in [3.8, 4) is 0 Å². The van der Waals surface area contributed by atoms with Crippen LogP contribution in [-0.4, -0.2) is 23.0 Å². The lowest BCUT2D eigenvalue weighted by molar-refractivity contribution is -0.131. The summed E-state index contributed by atoms with van der Waals surface area (Å²) in [5.74, 6) is 0.146. The van der Waals surface area contributed by atoms with Crippen molar-refractivity contribution in [1.29, 1.82) is 0 Å². The van der Waals surface area contributed by atoms with E-state index in [1.807, 2.05) is 42.5 Å². The number of benzene rings is 3. The molecule has 0 aliphatic carbocycles. The van der Waals surface area contributed by atoms with Gasteiger partial charge >= 0.3 is 0 Å². The third-order valence-electron chi connectivity index (χ3n) is 6.77. The van der Waals surface area contributed by atoms with Crippen molar-refractivity contribution in [2.24, 2.45) is 0 Å². The molecule has 3 aromatic rings. The van der Waals surface area contributed by atoms with Gasteiger partial charge in [-0.1, -0.05) is 92.2 Å². The second-order valence-electron chi connectivity index (χ2n) is 8.80. The summed E-state index contributed by atoms with van der Waals surface area (Å²) in [5.41, 5.74) is 3.70. The first-order chi connectivity index (χ1) is 14.9. The third kappa shape index (κ3) is 2.99. The average molecular weight is 429 g/mol. The van der Waals surface area contributed by atoms with E-state index in [2.05, 4.69) is 72.2 Å². The van der Waals surface area contributed by atoms with Gasteiger partial charge in [-0.3, -0.25) is 4.79 Å². The first-order valence-electron chi connectivity index (χ1n) is 10.6. The minimum atomic E-state index is -0.594. The molecule has 0 N–H and O–H groups in total. The van der Waals surface area contributed by atoms with Crippen LogP contribution in [0, 0.1) is 0 Å². The third-order valence-corrected chi connectivity index (χ3v) is 7.02. The van der Waals surface area contributed by atoms with Crippen LogP contribution in [0.3, 0.4) is 0 Å². The average Bonchev–Trinajstić information content (AvgIpc) is 3.16. The van der Waals surface area contributed by atoms with E-state index < -0.39 is 5.66 Å². The van der Waals surface area contributed by atoms with Crippen LogP contribution >= 0.6 is 11.6 Å². The molecule has 0 aromatic heterocycles. The van der Waals surface area contributed by atoms with Crippen LogP contribution in [-0.2, 0) is 16.8 Å². The van der Waals surface area contributed by atoms with Crippen LogP contribution in [0.15, 0.2) is 84.9 Å². The van der Waals surface area contributed by atoms with E-state index in [1.54, 1.807) is 0 Å². The molecule has 1 amide bonds. The SMILES string of the molecule is CC1(C)c2ccccc2N2CC(=O)N(Cc3ccccc3)C21/C=C/c1ccc(Cl)cc1. The molecule has 1 fully saturated rings. The fraction of sp³-hybridized carbons (Fsp3) is 0.222. The standard InChI is InChI=1S/C27H25ClN2O/c1-26(2)23-10-6-7-11-24(23)29-19-25(31)30(18-21-8-4-3-5-9-21)27(26,29)17-16-20-12-14-22(28)15-13-20/h3-17H,18-19H2,1-2H3/b17-16+. The summed E-state index contributed by atoms with van der Waals surface area (Å²) in [4.78, 5) is 17.7. The molecule has 2 heterocycles. The predicted molar refractivity (Wildman–Crippen MR) is 127 cm³/mol. The minimum Gasteiger partial charge on any atom is -0.335 e. The number of hydrogen-bond acceptors (Lipinski definition) is 2.